The van der Waals surface area contributed by atoms with E-state index in [4.69, 9.17) is 13.9 Å². The average Bonchev–Trinajstić information content (AvgIpc) is 2.42. The lowest BCUT2D eigenvalue weighted by molar-refractivity contribution is -0.297. The Morgan fingerprint density at radius 3 is 2.07 bits per heavy atom. The van der Waals surface area contributed by atoms with E-state index in [1.54, 1.807) is 6.92 Å². The molecule has 28 heavy (non-hydrogen) atoms. The first kappa shape index (κ1) is 23.8. The molecule has 0 radical (unpaired) electrons. The summed E-state index contributed by atoms with van der Waals surface area (Å²) in [6, 6.07) is 0. The van der Waals surface area contributed by atoms with Gasteiger partial charge in [-0.15, -0.1) is 0 Å². The maximum Gasteiger partial charge on any atom is 0.303 e. The van der Waals surface area contributed by atoms with Crippen LogP contribution >= 0.6 is 0 Å². The molecule has 3 fully saturated rings. The Hall–Kier alpha value is -0.433. The van der Waals surface area contributed by atoms with Gasteiger partial charge in [-0.25, -0.2) is 0 Å². The largest absolute Gasteiger partial charge is 0.459 e. The number of ether oxygens (including phenoxy) is 2. The van der Waals surface area contributed by atoms with Crippen molar-refractivity contribution in [1.29, 1.82) is 0 Å². The predicted molar refractivity (Wildman–Crippen MR) is 114 cm³/mol. The van der Waals surface area contributed by atoms with Crippen LogP contribution in [0, 0.1) is 11.3 Å². The van der Waals surface area contributed by atoms with E-state index >= 15 is 0 Å². The summed E-state index contributed by atoms with van der Waals surface area (Å²) in [7, 11) is -2.01. The summed E-state index contributed by atoms with van der Waals surface area (Å²) in [6.45, 7) is 22.6. The lowest BCUT2D eigenvalue weighted by atomic mass is 9.51. The molecule has 164 valence electrons. The first-order valence-corrected chi connectivity index (χ1v) is 13.5. The van der Waals surface area contributed by atoms with Crippen molar-refractivity contribution in [1.82, 2.24) is 0 Å². The molecule has 3 aliphatic rings. The molecule has 0 aromatic rings. The maximum absolute atomic E-state index is 11.9. The van der Waals surface area contributed by atoms with Crippen LogP contribution in [0.5, 0.6) is 0 Å². The van der Waals surface area contributed by atoms with Gasteiger partial charge >= 0.3 is 5.97 Å². The minimum absolute atomic E-state index is 0.0625. The smallest absolute Gasteiger partial charge is 0.303 e. The van der Waals surface area contributed by atoms with Gasteiger partial charge in [-0.05, 0) is 58.7 Å². The van der Waals surface area contributed by atoms with Gasteiger partial charge in [0.05, 0.1) is 17.8 Å². The van der Waals surface area contributed by atoms with Crippen molar-refractivity contribution in [2.75, 3.05) is 0 Å². The van der Waals surface area contributed by atoms with Gasteiger partial charge in [0.1, 0.15) is 11.7 Å². The van der Waals surface area contributed by atoms with Gasteiger partial charge in [0.25, 0.3) is 0 Å². The molecule has 0 saturated heterocycles. The number of carbonyl (C=O) groups is 1. The van der Waals surface area contributed by atoms with E-state index in [0.717, 1.165) is 6.42 Å². The zero-order valence-electron chi connectivity index (χ0n) is 19.8. The molecule has 0 aromatic carbocycles. The highest BCUT2D eigenvalue weighted by atomic mass is 28.4. The summed E-state index contributed by atoms with van der Waals surface area (Å²) in [5.74, 6) is -0.504. The second-order valence-electron chi connectivity index (χ2n) is 11.9. The lowest BCUT2D eigenvalue weighted by Crippen LogP contribution is -2.73. The quantitative estimate of drug-likeness (QED) is 0.535. The molecule has 0 unspecified atom stereocenters. The van der Waals surface area contributed by atoms with Crippen molar-refractivity contribution in [2.45, 2.75) is 123 Å². The van der Waals surface area contributed by atoms with Crippen molar-refractivity contribution < 1.29 is 23.8 Å². The van der Waals surface area contributed by atoms with Crippen LogP contribution in [0.4, 0.5) is 0 Å². The molecule has 0 amide bonds. The van der Waals surface area contributed by atoms with Crippen molar-refractivity contribution >= 4 is 14.3 Å². The summed E-state index contributed by atoms with van der Waals surface area (Å²) in [4.78, 5) is 11.9. The predicted octanol–water partition coefficient (Wildman–Crippen LogP) is 4.67. The number of fused-ring (bicyclic) bond motifs is 3. The summed E-state index contributed by atoms with van der Waals surface area (Å²) >= 11 is 0. The van der Waals surface area contributed by atoms with Gasteiger partial charge in [0.2, 0.25) is 0 Å². The summed E-state index contributed by atoms with van der Waals surface area (Å²) in [5, 5.41) is 11.6. The molecule has 3 saturated carbocycles. The topological polar surface area (TPSA) is 65.0 Å². The Bertz CT molecular complexity index is 601. The molecule has 3 rings (SSSR count). The van der Waals surface area contributed by atoms with Crippen LogP contribution in [0.1, 0.15) is 75.2 Å². The second-order valence-corrected chi connectivity index (χ2v) is 16.7. The summed E-state index contributed by atoms with van der Waals surface area (Å²) < 4.78 is 18.9. The zero-order chi connectivity index (χ0) is 21.9. The standard InChI is InChI=1S/C22H42O5Si/c1-14(23)25-18-21(8)13-16(27-28(10,11)20(5,6)7)15(22(18,9)24)12-17(21)26-19(2,3)4/h15-18,24H,12-13H2,1-11H3/t15-,16+,17+,18-,21-,22+/m1/s1. The van der Waals surface area contributed by atoms with Gasteiger partial charge in [-0.3, -0.25) is 4.79 Å². The van der Waals surface area contributed by atoms with Gasteiger partial charge in [-0.2, -0.15) is 0 Å². The molecule has 5 nitrogen and oxygen atoms in total. The average molecular weight is 415 g/mol. The third-order valence-corrected chi connectivity index (χ3v) is 11.7. The third kappa shape index (κ3) is 4.35. The fourth-order valence-corrected chi connectivity index (χ4v) is 6.18. The number of rotatable bonds is 4. The van der Waals surface area contributed by atoms with Crippen molar-refractivity contribution in [3.8, 4) is 0 Å². The van der Waals surface area contributed by atoms with Crippen LogP contribution in [-0.2, 0) is 18.7 Å². The molecule has 0 aromatic heterocycles. The van der Waals surface area contributed by atoms with Crippen LogP contribution in [0.15, 0.2) is 0 Å². The Morgan fingerprint density at radius 1 is 1.11 bits per heavy atom. The van der Waals surface area contributed by atoms with E-state index in [1.807, 2.05) is 20.8 Å². The number of esters is 1. The minimum Gasteiger partial charge on any atom is -0.459 e. The third-order valence-electron chi connectivity index (χ3n) is 7.21. The normalized spacial score (nSPS) is 39.1. The highest BCUT2D eigenvalue weighted by Crippen LogP contribution is 2.59. The second kappa shape index (κ2) is 7.07. The molecule has 0 spiro atoms. The van der Waals surface area contributed by atoms with Crippen molar-refractivity contribution in [3.05, 3.63) is 0 Å². The molecule has 2 bridgehead atoms. The van der Waals surface area contributed by atoms with E-state index in [1.165, 1.54) is 6.92 Å². The Morgan fingerprint density at radius 2 is 1.64 bits per heavy atom. The van der Waals surface area contributed by atoms with Crippen LogP contribution in [0.2, 0.25) is 18.1 Å². The number of hydrogen-bond donors (Lipinski definition) is 1. The molecular formula is C22H42O5Si. The maximum atomic E-state index is 11.9. The monoisotopic (exact) mass is 414 g/mol. The van der Waals surface area contributed by atoms with E-state index in [2.05, 4.69) is 40.8 Å². The highest BCUT2D eigenvalue weighted by molar-refractivity contribution is 6.74. The van der Waals surface area contributed by atoms with E-state index in [0.29, 0.717) is 6.42 Å². The van der Waals surface area contributed by atoms with Crippen molar-refractivity contribution in [3.63, 3.8) is 0 Å². The first-order valence-electron chi connectivity index (χ1n) is 10.6. The number of hydrogen-bond acceptors (Lipinski definition) is 5. The Kier molecular flexibility index (Phi) is 6.02. The van der Waals surface area contributed by atoms with E-state index < -0.39 is 25.4 Å². The molecule has 0 aliphatic heterocycles. The Labute approximate surface area is 172 Å². The molecule has 6 atom stereocenters. The molecule has 0 heterocycles. The van der Waals surface area contributed by atoms with E-state index in [9.17, 15) is 9.90 Å². The highest BCUT2D eigenvalue weighted by Gasteiger charge is 2.68. The van der Waals surface area contributed by atoms with Crippen LogP contribution in [0.25, 0.3) is 0 Å². The van der Waals surface area contributed by atoms with Gasteiger partial charge in [-0.1, -0.05) is 27.7 Å². The van der Waals surface area contributed by atoms with Gasteiger partial charge < -0.3 is 19.0 Å². The number of carbonyl (C=O) groups excluding carboxylic acids is 1. The lowest BCUT2D eigenvalue weighted by Gasteiger charge is -2.64. The van der Waals surface area contributed by atoms with Crippen LogP contribution in [0.3, 0.4) is 0 Å². The van der Waals surface area contributed by atoms with E-state index in [-0.39, 0.29) is 34.7 Å². The molecule has 6 heteroatoms. The fourth-order valence-electron chi connectivity index (χ4n) is 4.82. The van der Waals surface area contributed by atoms with Gasteiger partial charge in [0.15, 0.2) is 8.32 Å². The van der Waals surface area contributed by atoms with Crippen LogP contribution < -0.4 is 0 Å². The first-order chi connectivity index (χ1) is 12.3. The molecule has 3 aliphatic carbocycles. The fraction of sp³-hybridized carbons (Fsp3) is 0.955. The number of aliphatic hydroxyl groups is 1. The minimum atomic E-state index is -2.01. The molecule has 1 N–H and O–H groups in total. The van der Waals surface area contributed by atoms with Crippen LogP contribution in [-0.4, -0.2) is 48.9 Å². The SMILES string of the molecule is CC(=O)O[C@H]1[C@@](C)(O)[C@@H]2C[C@H](OC(C)(C)C)[C@@]1(C)C[C@@H]2O[Si](C)(C)C(C)(C)C. The van der Waals surface area contributed by atoms with Crippen molar-refractivity contribution in [2.24, 2.45) is 11.3 Å². The zero-order valence-corrected chi connectivity index (χ0v) is 20.8. The summed E-state index contributed by atoms with van der Waals surface area (Å²) in [6.07, 6.45) is 0.661. The summed E-state index contributed by atoms with van der Waals surface area (Å²) in [5.41, 5.74) is -1.97. The Balaban J connectivity index is 2.43. The van der Waals surface area contributed by atoms with Gasteiger partial charge in [0, 0.05) is 18.3 Å². The molecular weight excluding hydrogens is 372 g/mol.